The van der Waals surface area contributed by atoms with Gasteiger partial charge >= 0.3 is 0 Å². The van der Waals surface area contributed by atoms with Gasteiger partial charge in [0.15, 0.2) is 11.5 Å². The van der Waals surface area contributed by atoms with Gasteiger partial charge in [0.05, 0.1) is 6.61 Å². The van der Waals surface area contributed by atoms with Crippen LogP contribution in [0.3, 0.4) is 0 Å². The number of benzene rings is 3. The van der Waals surface area contributed by atoms with E-state index in [1.807, 2.05) is 6.07 Å². The number of hydrogen-bond acceptors (Lipinski definition) is 5. The van der Waals surface area contributed by atoms with E-state index in [2.05, 4.69) is 9.80 Å². The number of aromatic hydroxyl groups is 2. The number of phenols is 2. The molecule has 1 aliphatic heterocycles. The van der Waals surface area contributed by atoms with Crippen molar-refractivity contribution in [2.75, 3.05) is 45.9 Å². The van der Waals surface area contributed by atoms with E-state index >= 15 is 0 Å². The summed E-state index contributed by atoms with van der Waals surface area (Å²) >= 11 is 0. The SMILES string of the molecule is Oc1ccc(CCCN2CCN(CCOC(c3ccc(F)cc3)c3ccc(F)cc3)CC2)cc1O. The maximum absolute atomic E-state index is 13.4. The van der Waals surface area contributed by atoms with Crippen molar-refractivity contribution >= 4 is 0 Å². The number of hydrogen-bond donors (Lipinski definition) is 2. The molecule has 1 heterocycles. The number of ether oxygens (including phenoxy) is 1. The molecule has 4 rings (SSSR count). The van der Waals surface area contributed by atoms with Gasteiger partial charge in [0.2, 0.25) is 0 Å². The predicted octanol–water partition coefficient (Wildman–Crippen LogP) is 4.73. The van der Waals surface area contributed by atoms with Crippen LogP contribution >= 0.6 is 0 Å². The molecule has 0 amide bonds. The molecule has 3 aromatic rings. The third kappa shape index (κ3) is 7.24. The van der Waals surface area contributed by atoms with Crippen LogP contribution in [0.4, 0.5) is 8.78 Å². The van der Waals surface area contributed by atoms with Gasteiger partial charge < -0.3 is 19.8 Å². The Bertz CT molecular complexity index is 1020. The molecule has 1 aliphatic rings. The first-order valence-electron chi connectivity index (χ1n) is 12.1. The van der Waals surface area contributed by atoms with E-state index in [9.17, 15) is 19.0 Å². The molecule has 186 valence electrons. The number of rotatable bonds is 10. The molecule has 2 N–H and O–H groups in total. The second-order valence-electron chi connectivity index (χ2n) is 8.96. The summed E-state index contributed by atoms with van der Waals surface area (Å²) in [7, 11) is 0. The van der Waals surface area contributed by atoms with Gasteiger partial charge in [0.1, 0.15) is 17.7 Å². The molecule has 0 saturated carbocycles. The van der Waals surface area contributed by atoms with Crippen LogP contribution in [-0.4, -0.2) is 65.9 Å². The fraction of sp³-hybridized carbons (Fsp3) is 0.357. The van der Waals surface area contributed by atoms with Crippen LogP contribution in [-0.2, 0) is 11.2 Å². The number of aryl methyl sites for hydroxylation is 1. The van der Waals surface area contributed by atoms with Gasteiger partial charge in [-0.15, -0.1) is 0 Å². The van der Waals surface area contributed by atoms with Gasteiger partial charge in [-0.25, -0.2) is 8.78 Å². The highest BCUT2D eigenvalue weighted by molar-refractivity contribution is 5.40. The van der Waals surface area contributed by atoms with E-state index in [-0.39, 0.29) is 29.2 Å². The van der Waals surface area contributed by atoms with Crippen molar-refractivity contribution < 1.29 is 23.7 Å². The second kappa shape index (κ2) is 12.1. The molecule has 0 bridgehead atoms. The van der Waals surface area contributed by atoms with E-state index in [0.29, 0.717) is 6.61 Å². The average Bonchev–Trinajstić information content (AvgIpc) is 2.86. The summed E-state index contributed by atoms with van der Waals surface area (Å²) < 4.78 is 33.0. The fourth-order valence-corrected chi connectivity index (χ4v) is 4.43. The van der Waals surface area contributed by atoms with E-state index < -0.39 is 0 Å². The summed E-state index contributed by atoms with van der Waals surface area (Å²) in [6.45, 7) is 6.19. The number of halogens is 2. The van der Waals surface area contributed by atoms with Gasteiger partial charge in [0.25, 0.3) is 0 Å². The Balaban J connectivity index is 1.21. The molecule has 1 fully saturated rings. The summed E-state index contributed by atoms with van der Waals surface area (Å²) in [6.07, 6.45) is 1.47. The summed E-state index contributed by atoms with van der Waals surface area (Å²) in [6, 6.07) is 17.5. The zero-order valence-electron chi connectivity index (χ0n) is 19.7. The van der Waals surface area contributed by atoms with Gasteiger partial charge in [-0.2, -0.15) is 0 Å². The molecule has 35 heavy (non-hydrogen) atoms. The summed E-state index contributed by atoms with van der Waals surface area (Å²) in [4.78, 5) is 4.82. The third-order valence-electron chi connectivity index (χ3n) is 6.48. The lowest BCUT2D eigenvalue weighted by molar-refractivity contribution is 0.0451. The van der Waals surface area contributed by atoms with Crippen molar-refractivity contribution in [3.05, 3.63) is 95.1 Å². The highest BCUT2D eigenvalue weighted by atomic mass is 19.1. The molecule has 0 aliphatic carbocycles. The van der Waals surface area contributed by atoms with Crippen LogP contribution < -0.4 is 0 Å². The zero-order chi connectivity index (χ0) is 24.6. The lowest BCUT2D eigenvalue weighted by atomic mass is 10.0. The predicted molar refractivity (Wildman–Crippen MR) is 132 cm³/mol. The van der Waals surface area contributed by atoms with Crippen LogP contribution in [0.2, 0.25) is 0 Å². The molecule has 0 radical (unpaired) electrons. The molecule has 0 spiro atoms. The van der Waals surface area contributed by atoms with Crippen molar-refractivity contribution in [3.8, 4) is 11.5 Å². The highest BCUT2D eigenvalue weighted by Crippen LogP contribution is 2.27. The maximum Gasteiger partial charge on any atom is 0.157 e. The summed E-state index contributed by atoms with van der Waals surface area (Å²) in [5.74, 6) is -0.758. The first kappa shape index (κ1) is 25.1. The Hall–Kier alpha value is -3.00. The van der Waals surface area contributed by atoms with Crippen molar-refractivity contribution in [1.82, 2.24) is 9.80 Å². The van der Waals surface area contributed by atoms with Gasteiger partial charge in [-0.1, -0.05) is 30.3 Å². The normalized spacial score (nSPS) is 15.1. The Morgan fingerprint density at radius 1 is 0.714 bits per heavy atom. The lowest BCUT2D eigenvalue weighted by Gasteiger charge is -2.35. The monoisotopic (exact) mass is 482 g/mol. The molecule has 7 heteroatoms. The Morgan fingerprint density at radius 2 is 1.26 bits per heavy atom. The van der Waals surface area contributed by atoms with E-state index in [4.69, 9.17) is 4.74 Å². The Morgan fingerprint density at radius 3 is 1.80 bits per heavy atom. The number of nitrogens with zero attached hydrogens (tertiary/aromatic N) is 2. The van der Waals surface area contributed by atoms with Gasteiger partial charge in [0, 0.05) is 32.7 Å². The van der Waals surface area contributed by atoms with Crippen LogP contribution in [0.25, 0.3) is 0 Å². The Labute approximate surface area is 205 Å². The van der Waals surface area contributed by atoms with E-state index in [0.717, 1.165) is 68.8 Å². The lowest BCUT2D eigenvalue weighted by Crippen LogP contribution is -2.47. The van der Waals surface area contributed by atoms with Crippen LogP contribution in [0.5, 0.6) is 11.5 Å². The van der Waals surface area contributed by atoms with Gasteiger partial charge in [-0.3, -0.25) is 4.90 Å². The van der Waals surface area contributed by atoms with Crippen LogP contribution in [0, 0.1) is 11.6 Å². The van der Waals surface area contributed by atoms with Crippen LogP contribution in [0.15, 0.2) is 66.7 Å². The standard InChI is InChI=1S/C28H32F2N2O3/c29-24-8-4-22(5-9-24)28(23-6-10-25(30)11-7-23)35-19-18-32-16-14-31(15-17-32)13-1-2-21-3-12-26(33)27(34)20-21/h3-12,20,28,33-34H,1-2,13-19H2. The molecule has 0 atom stereocenters. The summed E-state index contributed by atoms with van der Waals surface area (Å²) in [5, 5.41) is 19.1. The van der Waals surface area contributed by atoms with Crippen molar-refractivity contribution in [1.29, 1.82) is 0 Å². The molecule has 0 aromatic heterocycles. The first-order valence-corrected chi connectivity index (χ1v) is 12.1. The van der Waals surface area contributed by atoms with Crippen molar-refractivity contribution in [3.63, 3.8) is 0 Å². The van der Waals surface area contributed by atoms with Crippen molar-refractivity contribution in [2.45, 2.75) is 18.9 Å². The van der Waals surface area contributed by atoms with E-state index in [1.165, 1.54) is 30.3 Å². The molecule has 3 aromatic carbocycles. The zero-order valence-corrected chi connectivity index (χ0v) is 19.7. The highest BCUT2D eigenvalue weighted by Gasteiger charge is 2.19. The molecule has 1 saturated heterocycles. The largest absolute Gasteiger partial charge is 0.504 e. The second-order valence-corrected chi connectivity index (χ2v) is 8.96. The quantitative estimate of drug-likeness (QED) is 0.409. The fourth-order valence-electron chi connectivity index (χ4n) is 4.43. The summed E-state index contributed by atoms with van der Waals surface area (Å²) in [5.41, 5.74) is 2.70. The average molecular weight is 483 g/mol. The maximum atomic E-state index is 13.4. The number of piperazine rings is 1. The van der Waals surface area contributed by atoms with Crippen molar-refractivity contribution in [2.24, 2.45) is 0 Å². The van der Waals surface area contributed by atoms with E-state index in [1.54, 1.807) is 30.3 Å². The number of phenolic OH excluding ortho intramolecular Hbond substituents is 2. The minimum absolute atomic E-state index is 0.0700. The minimum atomic E-state index is -0.378. The smallest absolute Gasteiger partial charge is 0.157 e. The molecular weight excluding hydrogens is 450 g/mol. The Kier molecular flexibility index (Phi) is 8.69. The van der Waals surface area contributed by atoms with Gasteiger partial charge in [-0.05, 0) is 72.5 Å². The third-order valence-corrected chi connectivity index (χ3v) is 6.48. The molecular formula is C28H32F2N2O3. The molecule has 5 nitrogen and oxygen atoms in total. The minimum Gasteiger partial charge on any atom is -0.504 e. The molecule has 0 unspecified atom stereocenters. The topological polar surface area (TPSA) is 56.2 Å². The first-order chi connectivity index (χ1) is 17.0. The van der Waals surface area contributed by atoms with Crippen LogP contribution in [0.1, 0.15) is 29.2 Å².